The van der Waals surface area contributed by atoms with Crippen LogP contribution in [0, 0.1) is 10.5 Å². The predicted octanol–water partition coefficient (Wildman–Crippen LogP) is 2.50. The number of pyridine rings is 1. The standard InChI is InChI=1S/C15H16IN3O3S/c1-10-4-7-14(17-9-10)18-15(20)12-8-11(5-6-13(12)16)23(21,22)19(2)3/h4-9H,1-3H3,(H,17,18,20). The summed E-state index contributed by atoms with van der Waals surface area (Å²) in [5, 5.41) is 2.67. The number of hydrogen-bond donors (Lipinski definition) is 1. The molecule has 6 nitrogen and oxygen atoms in total. The molecule has 0 saturated heterocycles. The van der Waals surface area contributed by atoms with E-state index in [-0.39, 0.29) is 10.5 Å². The van der Waals surface area contributed by atoms with Gasteiger partial charge in [-0.15, -0.1) is 0 Å². The highest BCUT2D eigenvalue weighted by atomic mass is 127. The van der Waals surface area contributed by atoms with Crippen molar-refractivity contribution in [3.63, 3.8) is 0 Å². The molecule has 1 amide bonds. The Morgan fingerprint density at radius 2 is 1.91 bits per heavy atom. The molecule has 1 N–H and O–H groups in total. The lowest BCUT2D eigenvalue weighted by Gasteiger charge is -2.13. The minimum atomic E-state index is -3.59. The fourth-order valence-corrected chi connectivity index (χ4v) is 3.28. The third kappa shape index (κ3) is 4.06. The van der Waals surface area contributed by atoms with E-state index in [9.17, 15) is 13.2 Å². The van der Waals surface area contributed by atoms with Crippen LogP contribution in [0.2, 0.25) is 0 Å². The third-order valence-electron chi connectivity index (χ3n) is 3.11. The van der Waals surface area contributed by atoms with Gasteiger partial charge in [-0.05, 0) is 59.3 Å². The fourth-order valence-electron chi connectivity index (χ4n) is 1.78. The van der Waals surface area contributed by atoms with E-state index in [1.807, 2.05) is 35.6 Å². The summed E-state index contributed by atoms with van der Waals surface area (Å²) in [7, 11) is -0.698. The molecule has 0 saturated carbocycles. The normalized spacial score (nSPS) is 11.5. The van der Waals surface area contributed by atoms with Crippen LogP contribution >= 0.6 is 22.6 Å². The molecule has 23 heavy (non-hydrogen) atoms. The zero-order chi connectivity index (χ0) is 17.2. The number of sulfonamides is 1. The number of carbonyl (C=O) groups is 1. The van der Waals surface area contributed by atoms with Crippen LogP contribution in [-0.4, -0.2) is 37.7 Å². The highest BCUT2D eigenvalue weighted by Gasteiger charge is 2.20. The van der Waals surface area contributed by atoms with Crippen molar-refractivity contribution in [1.82, 2.24) is 9.29 Å². The van der Waals surface area contributed by atoms with E-state index in [2.05, 4.69) is 10.3 Å². The molecule has 0 radical (unpaired) electrons. The van der Waals surface area contributed by atoms with Crippen LogP contribution in [-0.2, 0) is 10.0 Å². The number of benzene rings is 1. The van der Waals surface area contributed by atoms with Gasteiger partial charge in [0.1, 0.15) is 5.82 Å². The van der Waals surface area contributed by atoms with Gasteiger partial charge in [-0.3, -0.25) is 4.79 Å². The Hall–Kier alpha value is -1.52. The average molecular weight is 445 g/mol. The number of carbonyl (C=O) groups excluding carboxylic acids is 1. The molecule has 0 fully saturated rings. The number of nitrogens with one attached hydrogen (secondary N) is 1. The Morgan fingerprint density at radius 1 is 1.22 bits per heavy atom. The van der Waals surface area contributed by atoms with Gasteiger partial charge in [0, 0.05) is 23.9 Å². The maximum absolute atomic E-state index is 12.4. The molecular formula is C15H16IN3O3S. The van der Waals surface area contributed by atoms with Gasteiger partial charge in [0.2, 0.25) is 10.0 Å². The smallest absolute Gasteiger partial charge is 0.257 e. The van der Waals surface area contributed by atoms with Gasteiger partial charge >= 0.3 is 0 Å². The van der Waals surface area contributed by atoms with Crippen LogP contribution in [0.4, 0.5) is 5.82 Å². The van der Waals surface area contributed by atoms with Crippen LogP contribution in [0.15, 0.2) is 41.4 Å². The average Bonchev–Trinajstić information content (AvgIpc) is 2.49. The molecule has 122 valence electrons. The van der Waals surface area contributed by atoms with E-state index in [1.165, 1.54) is 26.2 Å². The van der Waals surface area contributed by atoms with Crippen molar-refractivity contribution in [3.05, 3.63) is 51.2 Å². The number of aryl methyl sites for hydroxylation is 1. The minimum absolute atomic E-state index is 0.0740. The number of aromatic nitrogens is 1. The topological polar surface area (TPSA) is 79.4 Å². The Balaban J connectivity index is 2.35. The van der Waals surface area contributed by atoms with Crippen molar-refractivity contribution in [2.75, 3.05) is 19.4 Å². The first kappa shape index (κ1) is 17.8. The quantitative estimate of drug-likeness (QED) is 0.734. The summed E-state index contributed by atoms with van der Waals surface area (Å²) in [6.07, 6.45) is 1.65. The van der Waals surface area contributed by atoms with Crippen molar-refractivity contribution in [2.45, 2.75) is 11.8 Å². The Bertz CT molecular complexity index is 834. The summed E-state index contributed by atoms with van der Waals surface area (Å²) in [6, 6.07) is 7.99. The lowest BCUT2D eigenvalue weighted by molar-refractivity contribution is 0.102. The highest BCUT2D eigenvalue weighted by Crippen LogP contribution is 2.21. The summed E-state index contributed by atoms with van der Waals surface area (Å²) in [5.41, 5.74) is 1.27. The van der Waals surface area contributed by atoms with E-state index < -0.39 is 15.9 Å². The maximum Gasteiger partial charge on any atom is 0.257 e. The minimum Gasteiger partial charge on any atom is -0.307 e. The molecule has 0 aliphatic carbocycles. The lowest BCUT2D eigenvalue weighted by Crippen LogP contribution is -2.23. The number of hydrogen-bond acceptors (Lipinski definition) is 4. The maximum atomic E-state index is 12.4. The summed E-state index contributed by atoms with van der Waals surface area (Å²) < 4.78 is 26.2. The molecule has 0 bridgehead atoms. The van der Waals surface area contributed by atoms with Crippen LogP contribution < -0.4 is 5.32 Å². The molecule has 0 atom stereocenters. The predicted molar refractivity (Wildman–Crippen MR) is 97.0 cm³/mol. The van der Waals surface area contributed by atoms with Crippen molar-refractivity contribution in [3.8, 4) is 0 Å². The molecule has 0 spiro atoms. The van der Waals surface area contributed by atoms with Crippen molar-refractivity contribution < 1.29 is 13.2 Å². The van der Waals surface area contributed by atoms with Gasteiger partial charge in [-0.25, -0.2) is 17.7 Å². The molecule has 1 aromatic heterocycles. The molecule has 0 aliphatic heterocycles. The van der Waals surface area contributed by atoms with Gasteiger partial charge < -0.3 is 5.32 Å². The van der Waals surface area contributed by atoms with Crippen LogP contribution in [0.3, 0.4) is 0 Å². The summed E-state index contributed by atoms with van der Waals surface area (Å²) in [6.45, 7) is 1.90. The van der Waals surface area contributed by atoms with Crippen LogP contribution in [0.25, 0.3) is 0 Å². The summed E-state index contributed by atoms with van der Waals surface area (Å²) in [5.74, 6) is 0.0128. The van der Waals surface area contributed by atoms with Gasteiger partial charge in [0.05, 0.1) is 10.5 Å². The van der Waals surface area contributed by atoms with E-state index >= 15 is 0 Å². The largest absolute Gasteiger partial charge is 0.307 e. The second-order valence-electron chi connectivity index (χ2n) is 5.10. The first-order chi connectivity index (χ1) is 10.7. The zero-order valence-electron chi connectivity index (χ0n) is 12.9. The van der Waals surface area contributed by atoms with E-state index in [0.717, 1.165) is 9.87 Å². The SMILES string of the molecule is Cc1ccc(NC(=O)c2cc(S(=O)(=O)N(C)C)ccc2I)nc1. The molecule has 2 aromatic rings. The lowest BCUT2D eigenvalue weighted by atomic mass is 10.2. The number of rotatable bonds is 4. The molecule has 1 aromatic carbocycles. The number of anilines is 1. The number of nitrogens with zero attached hydrogens (tertiary/aromatic N) is 2. The van der Waals surface area contributed by atoms with Gasteiger partial charge in [-0.1, -0.05) is 6.07 Å². The fraction of sp³-hybridized carbons (Fsp3) is 0.200. The van der Waals surface area contributed by atoms with Crippen LogP contribution in [0.5, 0.6) is 0 Å². The molecular weight excluding hydrogens is 429 g/mol. The molecule has 2 rings (SSSR count). The first-order valence-corrected chi connectivity index (χ1v) is 9.20. The molecule has 8 heteroatoms. The number of halogens is 1. The zero-order valence-corrected chi connectivity index (χ0v) is 15.8. The van der Waals surface area contributed by atoms with Crippen molar-refractivity contribution in [1.29, 1.82) is 0 Å². The number of amides is 1. The third-order valence-corrected chi connectivity index (χ3v) is 5.87. The summed E-state index contributed by atoms with van der Waals surface area (Å²) >= 11 is 2.00. The first-order valence-electron chi connectivity index (χ1n) is 6.68. The summed E-state index contributed by atoms with van der Waals surface area (Å²) in [4.78, 5) is 16.6. The van der Waals surface area contributed by atoms with Crippen LogP contribution in [0.1, 0.15) is 15.9 Å². The Kier molecular flexibility index (Phi) is 5.37. The molecule has 0 unspecified atom stereocenters. The van der Waals surface area contributed by atoms with Crippen molar-refractivity contribution >= 4 is 44.3 Å². The second kappa shape index (κ2) is 6.93. The van der Waals surface area contributed by atoms with E-state index in [0.29, 0.717) is 9.39 Å². The van der Waals surface area contributed by atoms with Gasteiger partial charge in [-0.2, -0.15) is 0 Å². The van der Waals surface area contributed by atoms with Gasteiger partial charge in [0.25, 0.3) is 5.91 Å². The van der Waals surface area contributed by atoms with E-state index in [4.69, 9.17) is 0 Å². The second-order valence-corrected chi connectivity index (χ2v) is 8.42. The Labute approximate surface area is 149 Å². The molecule has 0 aliphatic rings. The molecule has 1 heterocycles. The van der Waals surface area contributed by atoms with E-state index in [1.54, 1.807) is 18.3 Å². The highest BCUT2D eigenvalue weighted by molar-refractivity contribution is 14.1. The van der Waals surface area contributed by atoms with Gasteiger partial charge in [0.15, 0.2) is 0 Å². The Morgan fingerprint density at radius 3 is 2.48 bits per heavy atom. The monoisotopic (exact) mass is 445 g/mol. The van der Waals surface area contributed by atoms with Crippen molar-refractivity contribution in [2.24, 2.45) is 0 Å².